The van der Waals surface area contributed by atoms with Gasteiger partial charge in [-0.3, -0.25) is 0 Å². The van der Waals surface area contributed by atoms with Crippen molar-refractivity contribution in [2.24, 2.45) is 23.0 Å². The van der Waals surface area contributed by atoms with Crippen LogP contribution in [0.5, 0.6) is 0 Å². The molecule has 0 saturated heterocycles. The number of aliphatic hydroxyl groups is 1. The van der Waals surface area contributed by atoms with Crippen LogP contribution in [0.4, 0.5) is 0 Å². The topological polar surface area (TPSA) is 46.2 Å². The van der Waals surface area contributed by atoms with E-state index in [0.717, 1.165) is 18.3 Å². The Morgan fingerprint density at radius 3 is 2.14 bits per heavy atom. The Hall–Kier alpha value is 0.210. The summed E-state index contributed by atoms with van der Waals surface area (Å²) >= 11 is 0. The van der Waals surface area contributed by atoms with Crippen LogP contribution in [0.1, 0.15) is 38.5 Å². The average Bonchev–Trinajstić information content (AvgIpc) is 1.99. The highest BCUT2D eigenvalue weighted by molar-refractivity contribution is 5.85. The highest BCUT2D eigenvalue weighted by atomic mass is 35.5. The molecule has 0 amide bonds. The van der Waals surface area contributed by atoms with Gasteiger partial charge in [-0.1, -0.05) is 0 Å². The lowest BCUT2D eigenvalue weighted by molar-refractivity contribution is -0.0915. The lowest BCUT2D eigenvalue weighted by atomic mass is 9.47. The maximum Gasteiger partial charge on any atom is 0.0488 e. The first-order valence-electron chi connectivity index (χ1n) is 5.53. The molecule has 3 heteroatoms. The SMILES string of the molecule is Cl.NC12CC3CC(C1)CC(CO)(C3)C2. The summed E-state index contributed by atoms with van der Waals surface area (Å²) in [5.41, 5.74) is 6.71. The zero-order chi connectivity index (χ0) is 9.10. The van der Waals surface area contributed by atoms with Crippen LogP contribution in [0.15, 0.2) is 0 Å². The van der Waals surface area contributed by atoms with E-state index in [9.17, 15) is 5.11 Å². The summed E-state index contributed by atoms with van der Waals surface area (Å²) in [6.07, 6.45) is 7.43. The fourth-order valence-electron chi connectivity index (χ4n) is 4.71. The van der Waals surface area contributed by atoms with Gasteiger partial charge < -0.3 is 10.8 Å². The number of hydrogen-bond acceptors (Lipinski definition) is 2. The van der Waals surface area contributed by atoms with Gasteiger partial charge in [-0.25, -0.2) is 0 Å². The van der Waals surface area contributed by atoms with Crippen LogP contribution in [0.2, 0.25) is 0 Å². The van der Waals surface area contributed by atoms with Gasteiger partial charge in [-0.2, -0.15) is 0 Å². The highest BCUT2D eigenvalue weighted by Gasteiger charge is 2.55. The Bertz CT molecular complexity index is 229. The molecule has 2 unspecified atom stereocenters. The molecule has 4 aliphatic carbocycles. The van der Waals surface area contributed by atoms with Crippen molar-refractivity contribution in [3.63, 3.8) is 0 Å². The molecule has 2 atom stereocenters. The smallest absolute Gasteiger partial charge is 0.0488 e. The highest BCUT2D eigenvalue weighted by Crippen LogP contribution is 2.60. The summed E-state index contributed by atoms with van der Waals surface area (Å²) in [6.45, 7) is 0.374. The largest absolute Gasteiger partial charge is 0.396 e. The van der Waals surface area contributed by atoms with E-state index in [2.05, 4.69) is 0 Å². The first-order valence-corrected chi connectivity index (χ1v) is 5.53. The van der Waals surface area contributed by atoms with Gasteiger partial charge in [0.05, 0.1) is 0 Å². The van der Waals surface area contributed by atoms with Gasteiger partial charge in [0.15, 0.2) is 0 Å². The van der Waals surface area contributed by atoms with Crippen LogP contribution in [-0.2, 0) is 0 Å². The molecule has 82 valence electrons. The van der Waals surface area contributed by atoms with Crippen molar-refractivity contribution >= 4 is 12.4 Å². The fourth-order valence-corrected chi connectivity index (χ4v) is 4.71. The Kier molecular flexibility index (Phi) is 2.37. The molecule has 0 aromatic heterocycles. The first kappa shape index (κ1) is 10.7. The van der Waals surface area contributed by atoms with E-state index >= 15 is 0 Å². The zero-order valence-corrected chi connectivity index (χ0v) is 9.35. The summed E-state index contributed by atoms with van der Waals surface area (Å²) in [5.74, 6) is 1.66. The molecule has 4 rings (SSSR count). The lowest BCUT2D eigenvalue weighted by Crippen LogP contribution is -2.60. The molecule has 0 aliphatic heterocycles. The number of nitrogens with two attached hydrogens (primary N) is 1. The minimum absolute atomic E-state index is 0. The average molecular weight is 218 g/mol. The van der Waals surface area contributed by atoms with Gasteiger partial charge in [0.25, 0.3) is 0 Å². The van der Waals surface area contributed by atoms with Crippen molar-refractivity contribution < 1.29 is 5.11 Å². The van der Waals surface area contributed by atoms with Gasteiger partial charge in [0.1, 0.15) is 0 Å². The Morgan fingerprint density at radius 2 is 1.71 bits per heavy atom. The van der Waals surface area contributed by atoms with E-state index in [1.165, 1.54) is 32.1 Å². The van der Waals surface area contributed by atoms with Gasteiger partial charge in [-0.15, -0.1) is 12.4 Å². The van der Waals surface area contributed by atoms with Crippen molar-refractivity contribution in [3.05, 3.63) is 0 Å². The van der Waals surface area contributed by atoms with Crippen LogP contribution >= 0.6 is 12.4 Å². The molecule has 0 heterocycles. The van der Waals surface area contributed by atoms with E-state index < -0.39 is 0 Å². The van der Waals surface area contributed by atoms with E-state index in [1.807, 2.05) is 0 Å². The third kappa shape index (κ3) is 1.39. The fraction of sp³-hybridized carbons (Fsp3) is 1.00. The summed E-state index contributed by atoms with van der Waals surface area (Å²) in [7, 11) is 0. The quantitative estimate of drug-likeness (QED) is 0.703. The number of aliphatic hydroxyl groups excluding tert-OH is 1. The van der Waals surface area contributed by atoms with Crippen LogP contribution in [0, 0.1) is 17.3 Å². The number of rotatable bonds is 1. The molecule has 0 radical (unpaired) electrons. The molecule has 0 spiro atoms. The molecular formula is C11H20ClNO. The van der Waals surface area contributed by atoms with Crippen LogP contribution in [-0.4, -0.2) is 17.3 Å². The second kappa shape index (κ2) is 3.10. The van der Waals surface area contributed by atoms with E-state index in [1.54, 1.807) is 0 Å². The van der Waals surface area contributed by atoms with Crippen molar-refractivity contribution in [2.75, 3.05) is 6.61 Å². The molecule has 4 aliphatic rings. The van der Waals surface area contributed by atoms with Gasteiger partial charge in [0, 0.05) is 12.1 Å². The summed E-state index contributed by atoms with van der Waals surface area (Å²) < 4.78 is 0. The molecule has 3 N–H and O–H groups in total. The molecular weight excluding hydrogens is 198 g/mol. The van der Waals surface area contributed by atoms with E-state index in [4.69, 9.17) is 5.73 Å². The third-order valence-corrected chi connectivity index (χ3v) is 4.56. The lowest BCUT2D eigenvalue weighted by Gasteiger charge is -2.60. The van der Waals surface area contributed by atoms with Crippen LogP contribution < -0.4 is 5.73 Å². The second-order valence-corrected chi connectivity index (χ2v) is 5.98. The maximum atomic E-state index is 9.49. The number of hydrogen-bond donors (Lipinski definition) is 2. The molecule has 4 saturated carbocycles. The van der Waals surface area contributed by atoms with Crippen molar-refractivity contribution in [1.82, 2.24) is 0 Å². The maximum absolute atomic E-state index is 9.49. The predicted molar refractivity (Wildman–Crippen MR) is 58.4 cm³/mol. The minimum Gasteiger partial charge on any atom is -0.396 e. The van der Waals surface area contributed by atoms with Crippen LogP contribution in [0.25, 0.3) is 0 Å². The summed E-state index contributed by atoms with van der Waals surface area (Å²) in [6, 6.07) is 0. The van der Waals surface area contributed by atoms with E-state index in [-0.39, 0.29) is 23.4 Å². The summed E-state index contributed by atoms with van der Waals surface area (Å²) in [5, 5.41) is 9.49. The van der Waals surface area contributed by atoms with Gasteiger partial charge >= 0.3 is 0 Å². The standard InChI is InChI=1S/C11H19NO.ClH/c12-11-4-8-1-9(5-11)3-10(2-8,6-11)7-13;/h8-9,13H,1-7,12H2;1H. The summed E-state index contributed by atoms with van der Waals surface area (Å²) in [4.78, 5) is 0. The minimum atomic E-state index is 0. The Labute approximate surface area is 91.7 Å². The molecule has 2 nitrogen and oxygen atoms in total. The monoisotopic (exact) mass is 217 g/mol. The van der Waals surface area contributed by atoms with E-state index in [0.29, 0.717) is 6.61 Å². The molecule has 14 heavy (non-hydrogen) atoms. The van der Waals surface area contributed by atoms with Crippen molar-refractivity contribution in [2.45, 2.75) is 44.1 Å². The van der Waals surface area contributed by atoms with Crippen molar-refractivity contribution in [3.8, 4) is 0 Å². The molecule has 0 aromatic rings. The molecule has 0 aromatic carbocycles. The predicted octanol–water partition coefficient (Wildman–Crippen LogP) is 1.70. The van der Waals surface area contributed by atoms with Crippen molar-refractivity contribution in [1.29, 1.82) is 0 Å². The van der Waals surface area contributed by atoms with Gasteiger partial charge in [0.2, 0.25) is 0 Å². The number of halogens is 1. The Morgan fingerprint density at radius 1 is 1.14 bits per heavy atom. The normalized spacial score (nSPS) is 54.4. The third-order valence-electron chi connectivity index (χ3n) is 4.56. The first-order chi connectivity index (χ1) is 6.13. The van der Waals surface area contributed by atoms with Crippen LogP contribution in [0.3, 0.4) is 0 Å². The zero-order valence-electron chi connectivity index (χ0n) is 8.54. The molecule has 4 fully saturated rings. The second-order valence-electron chi connectivity index (χ2n) is 5.98. The molecule has 4 bridgehead atoms. The van der Waals surface area contributed by atoms with Gasteiger partial charge in [-0.05, 0) is 55.8 Å². The Balaban J connectivity index is 0.000000750.